The van der Waals surface area contributed by atoms with Crippen molar-refractivity contribution in [1.82, 2.24) is 14.2 Å². The zero-order valence-corrected chi connectivity index (χ0v) is 25.5. The standard InChI is InChI=1S/C33H26N4O9S/c1-47(41,42)28-24(19-34)29-36(17-18-37(29)35-28)30-27(46-33(40)23-15-9-4-10-16-23)26(45-32(39)22-13-7-3-8-14-22)25(44-30)20-43-31(38)21-11-5-2-6-12-21/h2-18,25-27,30H,20H2,1H3/t25-,26-,27-,30-/m1/s1. The summed E-state index contributed by atoms with van der Waals surface area (Å²) in [4.78, 5) is 39.7. The van der Waals surface area contributed by atoms with Crippen molar-refractivity contribution in [2.75, 3.05) is 12.9 Å². The molecular weight excluding hydrogens is 628 g/mol. The van der Waals surface area contributed by atoms with Crippen molar-refractivity contribution in [3.8, 4) is 6.07 Å². The Morgan fingerprint density at radius 1 is 0.809 bits per heavy atom. The third-order valence-corrected chi connectivity index (χ3v) is 8.37. The van der Waals surface area contributed by atoms with Crippen LogP contribution in [0, 0.1) is 11.3 Å². The van der Waals surface area contributed by atoms with Gasteiger partial charge in [0, 0.05) is 18.6 Å². The number of nitriles is 1. The number of sulfone groups is 1. The van der Waals surface area contributed by atoms with E-state index in [0.717, 1.165) is 6.26 Å². The number of aromatic nitrogens is 3. The van der Waals surface area contributed by atoms with Gasteiger partial charge >= 0.3 is 17.9 Å². The summed E-state index contributed by atoms with van der Waals surface area (Å²) in [6.45, 7) is -0.424. The van der Waals surface area contributed by atoms with Gasteiger partial charge in [0.15, 0.2) is 38.9 Å². The molecule has 1 aliphatic heterocycles. The molecule has 0 spiro atoms. The topological polar surface area (TPSA) is 168 Å². The normalized spacial score (nSPS) is 19.1. The minimum atomic E-state index is -3.92. The fraction of sp³-hybridized carbons (Fsp3) is 0.182. The largest absolute Gasteiger partial charge is 0.459 e. The average molecular weight is 655 g/mol. The van der Waals surface area contributed by atoms with Gasteiger partial charge in [0.05, 0.1) is 16.7 Å². The Balaban J connectivity index is 1.43. The van der Waals surface area contributed by atoms with Gasteiger partial charge in [-0.05, 0) is 36.4 Å². The maximum atomic E-state index is 13.4. The number of carbonyl (C=O) groups excluding carboxylic acids is 3. The molecule has 1 fully saturated rings. The molecule has 0 amide bonds. The van der Waals surface area contributed by atoms with E-state index in [1.54, 1.807) is 78.9 Å². The van der Waals surface area contributed by atoms with E-state index in [-0.39, 0.29) is 27.9 Å². The molecule has 6 rings (SSSR count). The summed E-state index contributed by atoms with van der Waals surface area (Å²) in [6.07, 6.45) is -1.42. The number of rotatable bonds is 9. The molecule has 3 aromatic carbocycles. The lowest BCUT2D eigenvalue weighted by Gasteiger charge is -2.25. The predicted octanol–water partition coefficient (Wildman–Crippen LogP) is 3.62. The third kappa shape index (κ3) is 6.35. The Morgan fingerprint density at radius 2 is 1.32 bits per heavy atom. The van der Waals surface area contributed by atoms with Crippen LogP contribution in [-0.4, -0.2) is 71.7 Å². The number of benzene rings is 3. The summed E-state index contributed by atoms with van der Waals surface area (Å²) in [7, 11) is -3.92. The van der Waals surface area contributed by atoms with Gasteiger partial charge < -0.3 is 23.5 Å². The summed E-state index contributed by atoms with van der Waals surface area (Å²) >= 11 is 0. The molecule has 4 atom stereocenters. The van der Waals surface area contributed by atoms with Crippen LogP contribution in [0.3, 0.4) is 0 Å². The molecule has 3 heterocycles. The van der Waals surface area contributed by atoms with Crippen molar-refractivity contribution < 1.29 is 41.7 Å². The van der Waals surface area contributed by atoms with Crippen LogP contribution in [0.4, 0.5) is 0 Å². The second kappa shape index (κ2) is 12.9. The van der Waals surface area contributed by atoms with E-state index in [9.17, 15) is 28.1 Å². The molecule has 0 saturated carbocycles. The van der Waals surface area contributed by atoms with E-state index in [4.69, 9.17) is 18.9 Å². The van der Waals surface area contributed by atoms with Crippen molar-refractivity contribution in [1.29, 1.82) is 5.26 Å². The van der Waals surface area contributed by atoms with Crippen molar-refractivity contribution in [2.24, 2.45) is 0 Å². The predicted molar refractivity (Wildman–Crippen MR) is 163 cm³/mol. The van der Waals surface area contributed by atoms with Gasteiger partial charge in [-0.3, -0.25) is 0 Å². The van der Waals surface area contributed by atoms with Gasteiger partial charge in [0.2, 0.25) is 0 Å². The first-order valence-corrected chi connectivity index (χ1v) is 16.1. The number of hydrogen-bond acceptors (Lipinski definition) is 11. The fourth-order valence-corrected chi connectivity index (χ4v) is 5.95. The first-order chi connectivity index (χ1) is 22.7. The van der Waals surface area contributed by atoms with Crippen LogP contribution in [-0.2, 0) is 28.8 Å². The first-order valence-electron chi connectivity index (χ1n) is 14.2. The van der Waals surface area contributed by atoms with Crippen LogP contribution in [0.15, 0.2) is 108 Å². The van der Waals surface area contributed by atoms with Crippen LogP contribution in [0.2, 0.25) is 0 Å². The minimum Gasteiger partial charge on any atom is -0.459 e. The number of fused-ring (bicyclic) bond motifs is 1. The van der Waals surface area contributed by atoms with E-state index in [1.807, 2.05) is 6.07 Å². The molecule has 13 nitrogen and oxygen atoms in total. The lowest BCUT2D eigenvalue weighted by molar-refractivity contribution is -0.0604. The lowest BCUT2D eigenvalue weighted by Crippen LogP contribution is -2.41. The van der Waals surface area contributed by atoms with Crippen LogP contribution < -0.4 is 0 Å². The zero-order valence-electron chi connectivity index (χ0n) is 24.7. The number of carbonyl (C=O) groups is 3. The Kier molecular flexibility index (Phi) is 8.57. The molecular formula is C33H26N4O9S. The number of ether oxygens (including phenoxy) is 4. The Labute approximate surface area is 268 Å². The highest BCUT2D eigenvalue weighted by atomic mass is 32.2. The van der Waals surface area contributed by atoms with Crippen molar-refractivity contribution in [2.45, 2.75) is 29.6 Å². The molecule has 0 radical (unpaired) electrons. The number of hydrogen-bond donors (Lipinski definition) is 0. The van der Waals surface area contributed by atoms with E-state index in [1.165, 1.54) is 33.6 Å². The quantitative estimate of drug-likeness (QED) is 0.168. The van der Waals surface area contributed by atoms with Gasteiger partial charge in [-0.25, -0.2) is 27.3 Å². The smallest absolute Gasteiger partial charge is 0.338 e. The molecule has 2 aromatic heterocycles. The monoisotopic (exact) mass is 654 g/mol. The summed E-state index contributed by atoms with van der Waals surface area (Å²) in [5, 5.41) is 13.6. The highest BCUT2D eigenvalue weighted by Crippen LogP contribution is 2.37. The SMILES string of the molecule is CS(=O)(=O)c1nn2ccn([C@@H]3O[C@H](COC(=O)c4ccccc4)[C@@H](OC(=O)c4ccccc4)[C@H]3OC(=O)c3ccccc3)c2c1C#N. The molecule has 0 aliphatic carbocycles. The highest BCUT2D eigenvalue weighted by molar-refractivity contribution is 7.90. The van der Waals surface area contributed by atoms with Crippen LogP contribution in [0.5, 0.6) is 0 Å². The van der Waals surface area contributed by atoms with Gasteiger partial charge in [0.1, 0.15) is 24.3 Å². The maximum Gasteiger partial charge on any atom is 0.338 e. The number of esters is 3. The Hall–Kier alpha value is -5.78. The van der Waals surface area contributed by atoms with Gasteiger partial charge in [-0.15, -0.1) is 0 Å². The molecule has 238 valence electrons. The van der Waals surface area contributed by atoms with Gasteiger partial charge in [0.25, 0.3) is 0 Å². The fourth-order valence-electron chi connectivity index (χ4n) is 5.21. The molecule has 47 heavy (non-hydrogen) atoms. The first kappa shape index (κ1) is 31.2. The van der Waals surface area contributed by atoms with Crippen molar-refractivity contribution in [3.63, 3.8) is 0 Å². The van der Waals surface area contributed by atoms with E-state index in [0.29, 0.717) is 0 Å². The minimum absolute atomic E-state index is 0.0220. The van der Waals surface area contributed by atoms with Gasteiger partial charge in [-0.2, -0.15) is 10.4 Å². The highest BCUT2D eigenvalue weighted by Gasteiger charge is 2.52. The third-order valence-electron chi connectivity index (χ3n) is 7.38. The number of imidazole rings is 1. The molecule has 0 N–H and O–H groups in total. The summed E-state index contributed by atoms with van der Waals surface area (Å²) in [6, 6.07) is 26.3. The molecule has 0 unspecified atom stereocenters. The van der Waals surface area contributed by atoms with Crippen LogP contribution in [0.1, 0.15) is 42.9 Å². The second-order valence-electron chi connectivity index (χ2n) is 10.5. The maximum absolute atomic E-state index is 13.4. The zero-order chi connectivity index (χ0) is 33.1. The number of nitrogens with zero attached hydrogens (tertiary/aromatic N) is 4. The Morgan fingerprint density at radius 3 is 1.83 bits per heavy atom. The Bertz CT molecular complexity index is 2090. The molecule has 1 saturated heterocycles. The van der Waals surface area contributed by atoms with E-state index >= 15 is 0 Å². The molecule has 5 aromatic rings. The summed E-state index contributed by atoms with van der Waals surface area (Å²) in [5.41, 5.74) is 0.412. The van der Waals surface area contributed by atoms with E-state index in [2.05, 4.69) is 5.10 Å². The van der Waals surface area contributed by atoms with Crippen LogP contribution >= 0.6 is 0 Å². The summed E-state index contributed by atoms with van der Waals surface area (Å²) < 4.78 is 51.3. The summed E-state index contributed by atoms with van der Waals surface area (Å²) in [5.74, 6) is -2.22. The van der Waals surface area contributed by atoms with Crippen molar-refractivity contribution in [3.05, 3.63) is 126 Å². The van der Waals surface area contributed by atoms with Gasteiger partial charge in [-0.1, -0.05) is 54.6 Å². The van der Waals surface area contributed by atoms with Crippen LogP contribution in [0.25, 0.3) is 5.65 Å². The molecule has 1 aliphatic rings. The molecule has 14 heteroatoms. The molecule has 0 bridgehead atoms. The second-order valence-corrected chi connectivity index (χ2v) is 12.5. The van der Waals surface area contributed by atoms with E-state index < -0.39 is 63.9 Å². The average Bonchev–Trinajstić information content (AvgIpc) is 3.77. The van der Waals surface area contributed by atoms with Crippen molar-refractivity contribution >= 4 is 33.4 Å². The lowest BCUT2D eigenvalue weighted by atomic mass is 10.1.